The van der Waals surface area contributed by atoms with Crippen molar-refractivity contribution >= 4 is 40.5 Å². The van der Waals surface area contributed by atoms with Gasteiger partial charge in [0.2, 0.25) is 23.6 Å². The van der Waals surface area contributed by atoms with Crippen LogP contribution in [0, 0.1) is 0 Å². The molecule has 14 heteroatoms. The molecule has 4 amide bonds. The summed E-state index contributed by atoms with van der Waals surface area (Å²) in [5.74, 6) is -4.31. The summed E-state index contributed by atoms with van der Waals surface area (Å²) in [6.07, 6.45) is 2.60. The zero-order valence-electron chi connectivity index (χ0n) is 21.5. The van der Waals surface area contributed by atoms with Crippen LogP contribution in [0.5, 0.6) is 0 Å². The summed E-state index contributed by atoms with van der Waals surface area (Å²) in [6, 6.07) is 2.29. The van der Waals surface area contributed by atoms with Gasteiger partial charge in [0.05, 0.1) is 12.6 Å². The molecule has 0 bridgehead atoms. The van der Waals surface area contributed by atoms with Crippen LogP contribution < -0.4 is 33.2 Å². The summed E-state index contributed by atoms with van der Waals surface area (Å²) >= 11 is 0. The van der Waals surface area contributed by atoms with Gasteiger partial charge in [-0.05, 0) is 43.9 Å². The molecule has 2 aromatic rings. The minimum atomic E-state index is -1.44. The highest BCUT2D eigenvalue weighted by molar-refractivity contribution is 5.94. The van der Waals surface area contributed by atoms with Crippen molar-refractivity contribution in [3.05, 3.63) is 36.0 Å². The molecule has 12 N–H and O–H groups in total. The third-order valence-electron chi connectivity index (χ3n) is 6.15. The standard InChI is InChI=1S/C25H37N7O7/c26-10-4-3-7-18(30-24(37)20(13-33)32-22(35)16(27)8-9-21(28)34)23(36)31-19(25(38)39)11-14-12-29-17-6-2-1-5-15(14)17/h1-2,5-6,12,16,18-20,29,33H,3-4,7-11,13,26-27H2,(H2,28,34)(H,30,37)(H,31,36)(H,32,35)(H,38,39). The van der Waals surface area contributed by atoms with Crippen LogP contribution >= 0.6 is 0 Å². The van der Waals surface area contributed by atoms with Crippen LogP contribution in [0.15, 0.2) is 30.5 Å². The number of unbranched alkanes of at least 4 members (excludes halogenated alkanes) is 1. The van der Waals surface area contributed by atoms with Gasteiger partial charge in [-0.1, -0.05) is 18.2 Å². The molecule has 1 aromatic heterocycles. The van der Waals surface area contributed by atoms with Gasteiger partial charge in [-0.2, -0.15) is 0 Å². The van der Waals surface area contributed by atoms with E-state index in [1.807, 2.05) is 24.3 Å². The van der Waals surface area contributed by atoms with E-state index < -0.39 is 60.4 Å². The number of nitrogens with one attached hydrogen (secondary N) is 4. The molecule has 0 fully saturated rings. The van der Waals surface area contributed by atoms with Gasteiger partial charge in [-0.25, -0.2) is 4.79 Å². The number of carboxylic acid groups (broad SMARTS) is 1. The molecule has 1 aromatic carbocycles. The van der Waals surface area contributed by atoms with Gasteiger partial charge in [-0.15, -0.1) is 0 Å². The normalized spacial score (nSPS) is 14.1. The Balaban J connectivity index is 2.10. The Labute approximate surface area is 225 Å². The van der Waals surface area contributed by atoms with E-state index in [0.29, 0.717) is 24.9 Å². The average molecular weight is 548 g/mol. The molecule has 0 saturated carbocycles. The van der Waals surface area contributed by atoms with Crippen molar-refractivity contribution in [2.24, 2.45) is 17.2 Å². The fraction of sp³-hybridized carbons (Fsp3) is 0.480. The summed E-state index contributed by atoms with van der Waals surface area (Å²) in [7, 11) is 0. The fourth-order valence-electron chi connectivity index (χ4n) is 3.93. The van der Waals surface area contributed by atoms with Crippen LogP contribution in [-0.2, 0) is 30.4 Å². The monoisotopic (exact) mass is 547 g/mol. The maximum Gasteiger partial charge on any atom is 0.326 e. The summed E-state index contributed by atoms with van der Waals surface area (Å²) in [6.45, 7) is -0.450. The first-order valence-electron chi connectivity index (χ1n) is 12.6. The van der Waals surface area contributed by atoms with Gasteiger partial charge in [0.1, 0.15) is 18.1 Å². The van der Waals surface area contributed by atoms with E-state index in [1.165, 1.54) is 0 Å². The minimum Gasteiger partial charge on any atom is -0.480 e. The van der Waals surface area contributed by atoms with Crippen molar-refractivity contribution < 1.29 is 34.2 Å². The van der Waals surface area contributed by atoms with E-state index in [0.717, 1.165) is 10.9 Å². The van der Waals surface area contributed by atoms with Crippen LogP contribution in [0.25, 0.3) is 10.9 Å². The molecule has 4 unspecified atom stereocenters. The highest BCUT2D eigenvalue weighted by Crippen LogP contribution is 2.19. The molecule has 0 radical (unpaired) electrons. The first kappa shape index (κ1) is 31.2. The lowest BCUT2D eigenvalue weighted by Gasteiger charge is -2.24. The molecule has 14 nitrogen and oxygen atoms in total. The minimum absolute atomic E-state index is 0.00688. The van der Waals surface area contributed by atoms with Gasteiger partial charge in [0.15, 0.2) is 0 Å². The number of hydrogen-bond donors (Lipinski definition) is 9. The third kappa shape index (κ3) is 9.67. The summed E-state index contributed by atoms with van der Waals surface area (Å²) in [5.41, 5.74) is 17.8. The van der Waals surface area contributed by atoms with Gasteiger partial charge < -0.3 is 48.3 Å². The number of aliphatic carboxylic acids is 1. The smallest absolute Gasteiger partial charge is 0.326 e. The van der Waals surface area contributed by atoms with E-state index in [1.54, 1.807) is 6.20 Å². The van der Waals surface area contributed by atoms with Crippen LogP contribution in [0.2, 0.25) is 0 Å². The molecule has 214 valence electrons. The van der Waals surface area contributed by atoms with Gasteiger partial charge in [-0.3, -0.25) is 19.2 Å². The van der Waals surface area contributed by atoms with Crippen LogP contribution in [0.3, 0.4) is 0 Å². The van der Waals surface area contributed by atoms with Crippen LogP contribution in [-0.4, -0.2) is 82.1 Å². The first-order valence-corrected chi connectivity index (χ1v) is 12.6. The Morgan fingerprint density at radius 3 is 2.18 bits per heavy atom. The number of aromatic amines is 1. The van der Waals surface area contributed by atoms with Gasteiger partial charge >= 0.3 is 5.97 Å². The highest BCUT2D eigenvalue weighted by Gasteiger charge is 2.30. The molecule has 39 heavy (non-hydrogen) atoms. The molecule has 0 saturated heterocycles. The lowest BCUT2D eigenvalue weighted by Crippen LogP contribution is -2.58. The largest absolute Gasteiger partial charge is 0.480 e. The number of carboxylic acids is 1. The molecule has 0 aliphatic heterocycles. The maximum atomic E-state index is 13.1. The SMILES string of the molecule is NCCCCC(NC(=O)C(CO)NC(=O)C(N)CCC(N)=O)C(=O)NC(Cc1c[nH]c2ccccc12)C(=O)O. The number of primary amides is 1. The number of aliphatic hydroxyl groups is 1. The number of H-pyrrole nitrogens is 1. The number of benzene rings is 1. The highest BCUT2D eigenvalue weighted by atomic mass is 16.4. The van der Waals surface area contributed by atoms with Gasteiger partial charge in [0, 0.05) is 29.9 Å². The Hall–Kier alpha value is -4.01. The number of carbonyl (C=O) groups is 5. The number of aliphatic hydroxyl groups excluding tert-OH is 1. The van der Waals surface area contributed by atoms with Crippen molar-refractivity contribution in [2.75, 3.05) is 13.2 Å². The van der Waals surface area contributed by atoms with Crippen LogP contribution in [0.4, 0.5) is 0 Å². The second-order valence-corrected chi connectivity index (χ2v) is 9.16. The molecule has 1 heterocycles. The van der Waals surface area contributed by atoms with Gasteiger partial charge in [0.25, 0.3) is 0 Å². The molecular formula is C25H37N7O7. The molecule has 0 spiro atoms. The number of nitrogens with two attached hydrogens (primary N) is 3. The summed E-state index contributed by atoms with van der Waals surface area (Å²) in [4.78, 5) is 64.2. The van der Waals surface area contributed by atoms with Crippen molar-refractivity contribution in [2.45, 2.75) is 62.7 Å². The fourth-order valence-corrected chi connectivity index (χ4v) is 3.93. The lowest BCUT2D eigenvalue weighted by molar-refractivity contribution is -0.142. The zero-order valence-corrected chi connectivity index (χ0v) is 21.5. The Kier molecular flexibility index (Phi) is 12.3. The second-order valence-electron chi connectivity index (χ2n) is 9.16. The van der Waals surface area contributed by atoms with E-state index in [4.69, 9.17) is 17.2 Å². The summed E-state index contributed by atoms with van der Waals surface area (Å²) in [5, 5.41) is 27.5. The van der Waals surface area contributed by atoms with Crippen molar-refractivity contribution in [3.8, 4) is 0 Å². The van der Waals surface area contributed by atoms with Crippen molar-refractivity contribution in [1.29, 1.82) is 0 Å². The van der Waals surface area contributed by atoms with Crippen molar-refractivity contribution in [1.82, 2.24) is 20.9 Å². The third-order valence-corrected chi connectivity index (χ3v) is 6.15. The quantitative estimate of drug-likeness (QED) is 0.0987. The maximum absolute atomic E-state index is 13.1. The lowest BCUT2D eigenvalue weighted by atomic mass is 10.0. The molecule has 0 aliphatic carbocycles. The molecule has 4 atom stereocenters. The number of hydrogen-bond acceptors (Lipinski definition) is 8. The number of fused-ring (bicyclic) bond motifs is 1. The predicted octanol–water partition coefficient (Wildman–Crippen LogP) is -2.04. The Morgan fingerprint density at radius 2 is 1.54 bits per heavy atom. The zero-order chi connectivity index (χ0) is 28.9. The first-order chi connectivity index (χ1) is 18.6. The molecule has 2 rings (SSSR count). The Bertz CT molecular complexity index is 1150. The second kappa shape index (κ2) is 15.4. The number of aromatic nitrogens is 1. The number of amides is 4. The molecule has 0 aliphatic rings. The van der Waals surface area contributed by atoms with E-state index >= 15 is 0 Å². The predicted molar refractivity (Wildman–Crippen MR) is 142 cm³/mol. The van der Waals surface area contributed by atoms with Crippen molar-refractivity contribution in [3.63, 3.8) is 0 Å². The average Bonchev–Trinajstić information content (AvgIpc) is 3.31. The van der Waals surface area contributed by atoms with E-state index in [-0.39, 0.29) is 25.7 Å². The number of carbonyl (C=O) groups excluding carboxylic acids is 4. The number of para-hydroxylation sites is 1. The van der Waals surface area contributed by atoms with E-state index in [2.05, 4.69) is 20.9 Å². The van der Waals surface area contributed by atoms with E-state index in [9.17, 15) is 34.2 Å². The number of rotatable bonds is 17. The topological polar surface area (TPSA) is 256 Å². The molecular weight excluding hydrogens is 510 g/mol. The Morgan fingerprint density at radius 1 is 0.897 bits per heavy atom. The summed E-state index contributed by atoms with van der Waals surface area (Å²) < 4.78 is 0. The van der Waals surface area contributed by atoms with Crippen LogP contribution in [0.1, 0.15) is 37.7 Å².